The molecule has 1 aromatic heterocycles. The second kappa shape index (κ2) is 7.12. The van der Waals surface area contributed by atoms with Gasteiger partial charge in [0.2, 0.25) is 0 Å². The molecule has 0 aliphatic heterocycles. The summed E-state index contributed by atoms with van der Waals surface area (Å²) in [6, 6.07) is 3.76. The minimum atomic E-state index is -0.544. The van der Waals surface area contributed by atoms with E-state index in [0.717, 1.165) is 4.88 Å². The SMILES string of the molecule is COC(=O)/C(=C/C#Cc1cccs1)CN=[N+]=[N-]. The van der Waals surface area contributed by atoms with Gasteiger partial charge in [0.1, 0.15) is 0 Å². The maximum atomic E-state index is 11.3. The first-order valence-corrected chi connectivity index (χ1v) is 5.49. The zero-order valence-corrected chi connectivity index (χ0v) is 9.90. The lowest BCUT2D eigenvalue weighted by molar-refractivity contribution is -0.136. The molecule has 1 aromatic rings. The fraction of sp³-hybridized carbons (Fsp3) is 0.182. The smallest absolute Gasteiger partial charge is 0.334 e. The van der Waals surface area contributed by atoms with Crippen molar-refractivity contribution in [1.29, 1.82) is 0 Å². The Hall–Kier alpha value is -2.22. The van der Waals surface area contributed by atoms with Crippen molar-refractivity contribution in [1.82, 2.24) is 0 Å². The molecule has 0 fully saturated rings. The van der Waals surface area contributed by atoms with Crippen LogP contribution in [0.25, 0.3) is 10.4 Å². The Labute approximate surface area is 102 Å². The van der Waals surface area contributed by atoms with Crippen molar-refractivity contribution < 1.29 is 9.53 Å². The molecule has 0 radical (unpaired) electrons. The van der Waals surface area contributed by atoms with E-state index in [0.29, 0.717) is 0 Å². The lowest BCUT2D eigenvalue weighted by Crippen LogP contribution is -2.06. The van der Waals surface area contributed by atoms with Crippen molar-refractivity contribution in [3.63, 3.8) is 0 Å². The van der Waals surface area contributed by atoms with Crippen LogP contribution in [-0.4, -0.2) is 19.6 Å². The minimum absolute atomic E-state index is 0.0672. The standard InChI is InChI=1S/C11H9N3O2S/c1-16-11(15)9(8-13-14-12)4-2-5-10-6-3-7-17-10/h3-4,6-7H,8H2,1H3/b9-4+. The van der Waals surface area contributed by atoms with Crippen LogP contribution >= 0.6 is 11.3 Å². The highest BCUT2D eigenvalue weighted by molar-refractivity contribution is 7.10. The number of rotatable bonds is 3. The summed E-state index contributed by atoms with van der Waals surface area (Å²) in [5.74, 6) is 5.04. The number of carbonyl (C=O) groups excluding carboxylic acids is 1. The molecule has 0 aromatic carbocycles. The van der Waals surface area contributed by atoms with Gasteiger partial charge in [-0.25, -0.2) is 4.79 Å². The lowest BCUT2D eigenvalue weighted by atomic mass is 10.2. The van der Waals surface area contributed by atoms with E-state index in [4.69, 9.17) is 5.53 Å². The molecule has 86 valence electrons. The second-order valence-corrected chi connectivity index (χ2v) is 3.74. The molecule has 0 aliphatic rings. The van der Waals surface area contributed by atoms with Gasteiger partial charge in [-0.2, -0.15) is 0 Å². The number of carbonyl (C=O) groups is 1. The van der Waals surface area contributed by atoms with E-state index >= 15 is 0 Å². The zero-order valence-electron chi connectivity index (χ0n) is 9.08. The maximum absolute atomic E-state index is 11.3. The summed E-state index contributed by atoms with van der Waals surface area (Å²) in [6.45, 7) is -0.0672. The number of esters is 1. The first kappa shape index (κ1) is 12.8. The molecule has 0 saturated carbocycles. The van der Waals surface area contributed by atoms with Gasteiger partial charge in [0.15, 0.2) is 0 Å². The van der Waals surface area contributed by atoms with Crippen LogP contribution in [0.2, 0.25) is 0 Å². The van der Waals surface area contributed by atoms with Crippen molar-refractivity contribution in [2.75, 3.05) is 13.7 Å². The molecule has 6 heteroatoms. The summed E-state index contributed by atoms with van der Waals surface area (Å²) in [5.41, 5.74) is 8.42. The molecule has 1 heterocycles. The summed E-state index contributed by atoms with van der Waals surface area (Å²) >= 11 is 1.51. The third-order valence-electron chi connectivity index (χ3n) is 1.71. The molecule has 0 saturated heterocycles. The van der Waals surface area contributed by atoms with E-state index < -0.39 is 5.97 Å². The van der Waals surface area contributed by atoms with E-state index in [2.05, 4.69) is 26.6 Å². The van der Waals surface area contributed by atoms with Crippen LogP contribution in [0.5, 0.6) is 0 Å². The summed E-state index contributed by atoms with van der Waals surface area (Å²) in [4.78, 5) is 14.7. The van der Waals surface area contributed by atoms with Crippen LogP contribution in [0, 0.1) is 11.8 Å². The Morgan fingerprint density at radius 2 is 2.59 bits per heavy atom. The molecular formula is C11H9N3O2S. The van der Waals surface area contributed by atoms with E-state index in [1.54, 1.807) is 0 Å². The lowest BCUT2D eigenvalue weighted by Gasteiger charge is -1.98. The molecule has 0 amide bonds. The fourth-order valence-electron chi connectivity index (χ4n) is 0.952. The van der Waals surface area contributed by atoms with Crippen LogP contribution < -0.4 is 0 Å². The van der Waals surface area contributed by atoms with Crippen LogP contribution in [0.1, 0.15) is 4.88 Å². The highest BCUT2D eigenvalue weighted by Gasteiger charge is 2.06. The van der Waals surface area contributed by atoms with E-state index in [-0.39, 0.29) is 12.1 Å². The van der Waals surface area contributed by atoms with Gasteiger partial charge in [0, 0.05) is 4.91 Å². The molecule has 0 spiro atoms. The van der Waals surface area contributed by atoms with Gasteiger partial charge in [0.05, 0.1) is 24.1 Å². The molecule has 0 unspecified atom stereocenters. The van der Waals surface area contributed by atoms with Crippen LogP contribution in [0.15, 0.2) is 34.3 Å². The number of methoxy groups -OCH3 is 1. The Bertz CT molecular complexity index is 517. The number of hydrogen-bond donors (Lipinski definition) is 0. The predicted molar refractivity (Wildman–Crippen MR) is 65.3 cm³/mol. The summed E-state index contributed by atoms with van der Waals surface area (Å²) in [7, 11) is 1.26. The highest BCUT2D eigenvalue weighted by Crippen LogP contribution is 2.05. The molecule has 0 aliphatic carbocycles. The van der Waals surface area contributed by atoms with Crippen LogP contribution in [0.3, 0.4) is 0 Å². The molecule has 0 N–H and O–H groups in total. The molecule has 0 atom stereocenters. The van der Waals surface area contributed by atoms with E-state index in [1.807, 2.05) is 17.5 Å². The topological polar surface area (TPSA) is 75.1 Å². The van der Waals surface area contributed by atoms with Crippen molar-refractivity contribution in [3.8, 4) is 11.8 Å². The van der Waals surface area contributed by atoms with Gasteiger partial charge in [-0.05, 0) is 23.1 Å². The van der Waals surface area contributed by atoms with E-state index in [1.165, 1.54) is 24.5 Å². The molecular weight excluding hydrogens is 238 g/mol. The van der Waals surface area contributed by atoms with Gasteiger partial charge in [-0.3, -0.25) is 0 Å². The second-order valence-electron chi connectivity index (χ2n) is 2.80. The third kappa shape index (κ3) is 4.43. The maximum Gasteiger partial charge on any atom is 0.334 e. The van der Waals surface area contributed by atoms with Gasteiger partial charge < -0.3 is 4.74 Å². The van der Waals surface area contributed by atoms with Crippen LogP contribution in [0.4, 0.5) is 0 Å². The van der Waals surface area contributed by atoms with Crippen molar-refractivity contribution >= 4 is 17.3 Å². The quantitative estimate of drug-likeness (QED) is 0.205. The van der Waals surface area contributed by atoms with Crippen molar-refractivity contribution in [2.45, 2.75) is 0 Å². The molecule has 17 heavy (non-hydrogen) atoms. The van der Waals surface area contributed by atoms with Crippen molar-refractivity contribution in [3.05, 3.63) is 44.5 Å². The van der Waals surface area contributed by atoms with Crippen molar-refractivity contribution in [2.24, 2.45) is 5.11 Å². The summed E-state index contributed by atoms with van der Waals surface area (Å²) < 4.78 is 4.54. The zero-order chi connectivity index (χ0) is 12.5. The number of azide groups is 1. The molecule has 0 bridgehead atoms. The fourth-order valence-corrected chi connectivity index (χ4v) is 1.53. The average Bonchev–Trinajstić information content (AvgIpc) is 2.85. The molecule has 1 rings (SSSR count). The highest BCUT2D eigenvalue weighted by atomic mass is 32.1. The van der Waals surface area contributed by atoms with Crippen LogP contribution in [-0.2, 0) is 9.53 Å². The van der Waals surface area contributed by atoms with Gasteiger partial charge in [0.25, 0.3) is 0 Å². The summed E-state index contributed by atoms with van der Waals surface area (Å²) in [5, 5.41) is 5.21. The Balaban J connectivity index is 2.82. The van der Waals surface area contributed by atoms with Gasteiger partial charge >= 0.3 is 5.97 Å². The van der Waals surface area contributed by atoms with Gasteiger partial charge in [-0.1, -0.05) is 23.0 Å². The number of ether oxygens (including phenoxy) is 1. The summed E-state index contributed by atoms with van der Waals surface area (Å²) in [6.07, 6.45) is 1.40. The monoisotopic (exact) mass is 247 g/mol. The number of thiophene rings is 1. The minimum Gasteiger partial charge on any atom is -0.466 e. The van der Waals surface area contributed by atoms with E-state index in [9.17, 15) is 4.79 Å². The largest absolute Gasteiger partial charge is 0.466 e. The predicted octanol–water partition coefficient (Wildman–Crippen LogP) is 2.51. The normalized spacial score (nSPS) is 9.82. The molecule has 5 nitrogen and oxygen atoms in total. The first-order valence-electron chi connectivity index (χ1n) is 4.61. The third-order valence-corrected chi connectivity index (χ3v) is 2.50. The Kier molecular flexibility index (Phi) is 5.38. The number of allylic oxidation sites excluding steroid dienone is 1. The number of hydrogen-bond acceptors (Lipinski definition) is 4. The Morgan fingerprint density at radius 3 is 3.18 bits per heavy atom. The number of nitrogens with zero attached hydrogens (tertiary/aromatic N) is 3. The average molecular weight is 247 g/mol. The Morgan fingerprint density at radius 1 is 1.76 bits per heavy atom. The van der Waals surface area contributed by atoms with Gasteiger partial charge in [-0.15, -0.1) is 11.3 Å². The first-order chi connectivity index (χ1) is 8.27.